The van der Waals surface area contributed by atoms with Crippen LogP contribution in [-0.4, -0.2) is 41.8 Å². The van der Waals surface area contributed by atoms with Crippen LogP contribution in [-0.2, 0) is 0 Å². The van der Waals surface area contributed by atoms with Crippen molar-refractivity contribution < 1.29 is 13.2 Å². The molecule has 0 spiro atoms. The molecular formula is C11H19F3N2. The van der Waals surface area contributed by atoms with Crippen LogP contribution in [0.5, 0.6) is 0 Å². The molecule has 94 valence electrons. The zero-order valence-electron chi connectivity index (χ0n) is 9.77. The summed E-state index contributed by atoms with van der Waals surface area (Å²) in [5.74, 6) is 0. The Labute approximate surface area is 94.2 Å². The Balaban J connectivity index is 1.88. The van der Waals surface area contributed by atoms with Gasteiger partial charge in [0, 0.05) is 18.6 Å². The van der Waals surface area contributed by atoms with Crippen LogP contribution in [0.3, 0.4) is 0 Å². The van der Waals surface area contributed by atoms with Crippen molar-refractivity contribution in [1.29, 1.82) is 0 Å². The molecule has 1 aliphatic heterocycles. The number of hydrogen-bond acceptors (Lipinski definition) is 2. The third-order valence-electron chi connectivity index (χ3n) is 3.72. The zero-order chi connectivity index (χ0) is 12.0. The van der Waals surface area contributed by atoms with Gasteiger partial charge in [0.15, 0.2) is 0 Å². The van der Waals surface area contributed by atoms with E-state index in [4.69, 9.17) is 0 Å². The number of likely N-dealkylation sites (tertiary alicyclic amines) is 1. The smallest absolute Gasteiger partial charge is 0.299 e. The van der Waals surface area contributed by atoms with Crippen molar-refractivity contribution in [2.24, 2.45) is 0 Å². The van der Waals surface area contributed by atoms with Crippen LogP contribution >= 0.6 is 0 Å². The molecule has 0 radical (unpaired) electrons. The predicted octanol–water partition coefficient (Wildman–Crippen LogP) is 2.15. The maximum absolute atomic E-state index is 12.7. The fourth-order valence-corrected chi connectivity index (χ4v) is 2.40. The first kappa shape index (κ1) is 12.2. The van der Waals surface area contributed by atoms with Crippen molar-refractivity contribution in [3.63, 3.8) is 0 Å². The Morgan fingerprint density at radius 2 is 1.94 bits per heavy atom. The molecule has 2 rings (SSSR count). The van der Waals surface area contributed by atoms with Crippen LogP contribution in [0, 0.1) is 0 Å². The van der Waals surface area contributed by atoms with Crippen LogP contribution in [0.2, 0.25) is 0 Å². The summed E-state index contributed by atoms with van der Waals surface area (Å²) < 4.78 is 38.2. The molecule has 0 amide bonds. The van der Waals surface area contributed by atoms with E-state index in [-0.39, 0.29) is 18.9 Å². The lowest BCUT2D eigenvalue weighted by molar-refractivity contribution is -0.167. The van der Waals surface area contributed by atoms with Crippen LogP contribution in [0.15, 0.2) is 0 Å². The third-order valence-corrected chi connectivity index (χ3v) is 3.72. The van der Waals surface area contributed by atoms with E-state index in [9.17, 15) is 13.2 Å². The minimum atomic E-state index is -4.09. The topological polar surface area (TPSA) is 15.3 Å². The van der Waals surface area contributed by atoms with Gasteiger partial charge in [-0.05, 0) is 39.7 Å². The summed E-state index contributed by atoms with van der Waals surface area (Å²) in [7, 11) is 0. The first-order valence-electron chi connectivity index (χ1n) is 5.92. The van der Waals surface area contributed by atoms with Gasteiger partial charge in [-0.1, -0.05) is 0 Å². The van der Waals surface area contributed by atoms with Crippen LogP contribution in [0.25, 0.3) is 0 Å². The minimum Gasteiger partial charge on any atom is -0.299 e. The Hall–Kier alpha value is -0.290. The number of hydrogen-bond donors (Lipinski definition) is 1. The molecule has 1 atom stereocenters. The van der Waals surface area contributed by atoms with Crippen molar-refractivity contribution in [3.8, 4) is 0 Å². The highest BCUT2D eigenvalue weighted by molar-refractivity contribution is 5.10. The molecule has 0 aromatic carbocycles. The number of halogens is 3. The number of nitrogens with one attached hydrogen (secondary N) is 1. The second-order valence-electron chi connectivity index (χ2n) is 5.30. The molecule has 0 bridgehead atoms. The SMILES string of the molecule is CC(C)N1CCC(NC2(C(F)(F)F)CC2)C1. The van der Waals surface area contributed by atoms with E-state index in [0.717, 1.165) is 19.5 Å². The lowest BCUT2D eigenvalue weighted by Crippen LogP contribution is -2.50. The zero-order valence-corrected chi connectivity index (χ0v) is 9.77. The molecular weight excluding hydrogens is 217 g/mol. The predicted molar refractivity (Wildman–Crippen MR) is 56.3 cm³/mol. The van der Waals surface area contributed by atoms with Gasteiger partial charge in [-0.15, -0.1) is 0 Å². The normalized spacial score (nSPS) is 30.0. The summed E-state index contributed by atoms with van der Waals surface area (Å²) in [4.78, 5) is 2.23. The van der Waals surface area contributed by atoms with E-state index in [1.165, 1.54) is 0 Å². The van der Waals surface area contributed by atoms with Crippen LogP contribution in [0.1, 0.15) is 33.1 Å². The second kappa shape index (κ2) is 3.88. The number of nitrogens with zero attached hydrogens (tertiary/aromatic N) is 1. The van der Waals surface area contributed by atoms with Gasteiger partial charge in [-0.25, -0.2) is 0 Å². The molecule has 1 saturated heterocycles. The lowest BCUT2D eigenvalue weighted by atomic mass is 10.2. The van der Waals surface area contributed by atoms with Crippen LogP contribution in [0.4, 0.5) is 13.2 Å². The van der Waals surface area contributed by atoms with Gasteiger partial charge < -0.3 is 0 Å². The van der Waals surface area contributed by atoms with Gasteiger partial charge in [0.1, 0.15) is 5.54 Å². The molecule has 1 N–H and O–H groups in total. The highest BCUT2D eigenvalue weighted by Gasteiger charge is 2.63. The van der Waals surface area contributed by atoms with Crippen molar-refractivity contribution in [3.05, 3.63) is 0 Å². The third kappa shape index (κ3) is 2.20. The van der Waals surface area contributed by atoms with Crippen molar-refractivity contribution in [2.75, 3.05) is 13.1 Å². The maximum atomic E-state index is 12.7. The van der Waals surface area contributed by atoms with Gasteiger partial charge in [0.05, 0.1) is 0 Å². The Bertz CT molecular complexity index is 258. The van der Waals surface area contributed by atoms with Gasteiger partial charge in [-0.2, -0.15) is 13.2 Å². The minimum absolute atomic E-state index is 0.00604. The first-order valence-corrected chi connectivity index (χ1v) is 5.92. The van der Waals surface area contributed by atoms with Gasteiger partial charge in [0.25, 0.3) is 0 Å². The Morgan fingerprint density at radius 1 is 1.31 bits per heavy atom. The van der Waals surface area contributed by atoms with Gasteiger partial charge in [0.2, 0.25) is 0 Å². The molecule has 2 aliphatic rings. The fraction of sp³-hybridized carbons (Fsp3) is 1.00. The molecule has 2 fully saturated rings. The van der Waals surface area contributed by atoms with Gasteiger partial charge >= 0.3 is 6.18 Å². The largest absolute Gasteiger partial charge is 0.406 e. The van der Waals surface area contributed by atoms with E-state index >= 15 is 0 Å². The molecule has 1 heterocycles. The van der Waals surface area contributed by atoms with E-state index < -0.39 is 11.7 Å². The standard InChI is InChI=1S/C11H19F3N2/c1-8(2)16-6-3-9(7-16)15-10(4-5-10)11(12,13)14/h8-9,15H,3-7H2,1-2H3. The van der Waals surface area contributed by atoms with Gasteiger partial charge in [-0.3, -0.25) is 10.2 Å². The lowest BCUT2D eigenvalue weighted by Gasteiger charge is -2.26. The summed E-state index contributed by atoms with van der Waals surface area (Å²) in [6.45, 7) is 5.82. The summed E-state index contributed by atoms with van der Waals surface area (Å²) in [6.07, 6.45) is -2.77. The van der Waals surface area contributed by atoms with Crippen molar-refractivity contribution in [1.82, 2.24) is 10.2 Å². The molecule has 0 aromatic heterocycles. The molecule has 0 aromatic rings. The molecule has 1 saturated carbocycles. The number of rotatable bonds is 3. The van der Waals surface area contributed by atoms with E-state index in [2.05, 4.69) is 24.1 Å². The average Bonchev–Trinajstić information content (AvgIpc) is 2.76. The number of alkyl halides is 3. The second-order valence-corrected chi connectivity index (χ2v) is 5.30. The fourth-order valence-electron chi connectivity index (χ4n) is 2.40. The summed E-state index contributed by atoms with van der Waals surface area (Å²) in [5.41, 5.74) is -1.55. The summed E-state index contributed by atoms with van der Waals surface area (Å²) in [5, 5.41) is 2.82. The summed E-state index contributed by atoms with van der Waals surface area (Å²) >= 11 is 0. The molecule has 5 heteroatoms. The Kier molecular flexibility index (Phi) is 2.95. The Morgan fingerprint density at radius 3 is 2.31 bits per heavy atom. The van der Waals surface area contributed by atoms with Crippen LogP contribution < -0.4 is 5.32 Å². The molecule has 16 heavy (non-hydrogen) atoms. The van der Waals surface area contributed by atoms with E-state index in [0.29, 0.717) is 6.04 Å². The maximum Gasteiger partial charge on any atom is 0.406 e. The van der Waals surface area contributed by atoms with Crippen molar-refractivity contribution >= 4 is 0 Å². The monoisotopic (exact) mass is 236 g/mol. The quantitative estimate of drug-likeness (QED) is 0.807. The van der Waals surface area contributed by atoms with Crippen molar-refractivity contribution in [2.45, 2.75) is 56.9 Å². The molecule has 2 nitrogen and oxygen atoms in total. The first-order chi connectivity index (χ1) is 7.34. The molecule has 1 aliphatic carbocycles. The highest BCUT2D eigenvalue weighted by atomic mass is 19.4. The highest BCUT2D eigenvalue weighted by Crippen LogP contribution is 2.49. The van der Waals surface area contributed by atoms with E-state index in [1.807, 2.05) is 0 Å². The average molecular weight is 236 g/mol. The van der Waals surface area contributed by atoms with E-state index in [1.54, 1.807) is 0 Å². The molecule has 1 unspecified atom stereocenters. The summed E-state index contributed by atoms with van der Waals surface area (Å²) in [6, 6.07) is 0.430.